The van der Waals surface area contributed by atoms with Crippen LogP contribution in [0.4, 0.5) is 0 Å². The van der Waals surface area contributed by atoms with Gasteiger partial charge in [-0.15, -0.1) is 10.2 Å². The molecule has 0 aliphatic heterocycles. The molecule has 0 amide bonds. The summed E-state index contributed by atoms with van der Waals surface area (Å²) in [5.41, 5.74) is 0.798. The number of hydrogen-bond donors (Lipinski definition) is 1. The molecule has 0 saturated heterocycles. The van der Waals surface area contributed by atoms with Crippen LogP contribution in [-0.2, 0) is 9.92 Å². The fourth-order valence-corrected chi connectivity index (χ4v) is 7.90. The van der Waals surface area contributed by atoms with Crippen LogP contribution in [0.1, 0.15) is 33.6 Å². The monoisotopic (exact) mass is 501 g/mol. The third-order valence-corrected chi connectivity index (χ3v) is 13.1. The van der Waals surface area contributed by atoms with Gasteiger partial charge in [0.1, 0.15) is 27.2 Å². The number of nitrogens with one attached hydrogen (secondary N) is 1. The SMILES string of the molecule is COc1ccc2c(Oc3ccc(S(=O)(=NS(C)(C)C(C)(C)C)NCC4CC4)cc3)ccnc2c1. The van der Waals surface area contributed by atoms with Crippen molar-refractivity contribution in [2.75, 3.05) is 26.2 Å². The summed E-state index contributed by atoms with van der Waals surface area (Å²) < 4.78 is 33.9. The maximum Gasteiger partial charge on any atom is 0.146 e. The molecule has 34 heavy (non-hydrogen) atoms. The summed E-state index contributed by atoms with van der Waals surface area (Å²) in [4.78, 5) is 5.11. The molecule has 1 aliphatic rings. The Balaban J connectivity index is 1.64. The fraction of sp³-hybridized carbons (Fsp3) is 0.423. The molecule has 1 N–H and O–H groups in total. The molecule has 2 aromatic carbocycles. The first-order valence-corrected chi connectivity index (χ1v) is 15.4. The second-order valence-corrected chi connectivity index (χ2v) is 16.2. The van der Waals surface area contributed by atoms with Gasteiger partial charge in [0.25, 0.3) is 0 Å². The summed E-state index contributed by atoms with van der Waals surface area (Å²) in [5.74, 6) is 2.72. The lowest BCUT2D eigenvalue weighted by Gasteiger charge is -2.40. The first-order valence-electron chi connectivity index (χ1n) is 11.5. The van der Waals surface area contributed by atoms with Crippen LogP contribution in [-0.4, -0.2) is 40.1 Å². The maximum atomic E-state index is 14.2. The van der Waals surface area contributed by atoms with Crippen molar-refractivity contribution < 1.29 is 13.7 Å². The third kappa shape index (κ3) is 5.50. The highest BCUT2D eigenvalue weighted by Gasteiger charge is 2.31. The molecular weight excluding hydrogens is 466 g/mol. The number of fused-ring (bicyclic) bond motifs is 1. The number of ether oxygens (including phenoxy) is 2. The second-order valence-electron chi connectivity index (χ2n) is 10.0. The van der Waals surface area contributed by atoms with Gasteiger partial charge < -0.3 is 9.47 Å². The lowest BCUT2D eigenvalue weighted by molar-refractivity contribution is 0.415. The lowest BCUT2D eigenvalue weighted by atomic mass is 10.2. The van der Waals surface area contributed by atoms with E-state index in [4.69, 9.17) is 13.2 Å². The maximum absolute atomic E-state index is 14.2. The van der Waals surface area contributed by atoms with Crippen molar-refractivity contribution in [2.24, 2.45) is 9.69 Å². The number of methoxy groups -OCH3 is 1. The molecule has 3 aromatic rings. The zero-order valence-electron chi connectivity index (χ0n) is 20.8. The molecule has 0 radical (unpaired) electrons. The smallest absolute Gasteiger partial charge is 0.146 e. The average Bonchev–Trinajstić information content (AvgIpc) is 3.62. The molecule has 0 bridgehead atoms. The van der Waals surface area contributed by atoms with Crippen LogP contribution in [0.2, 0.25) is 0 Å². The Morgan fingerprint density at radius 1 is 1.06 bits per heavy atom. The van der Waals surface area contributed by atoms with E-state index in [9.17, 15) is 4.21 Å². The Labute approximate surface area is 205 Å². The van der Waals surface area contributed by atoms with Crippen LogP contribution < -0.4 is 14.2 Å². The van der Waals surface area contributed by atoms with E-state index in [1.165, 1.54) is 12.8 Å². The quantitative estimate of drug-likeness (QED) is 0.380. The van der Waals surface area contributed by atoms with Crippen LogP contribution >= 0.6 is 10.2 Å². The summed E-state index contributed by atoms with van der Waals surface area (Å²) in [7, 11) is -2.61. The fourth-order valence-electron chi connectivity index (χ4n) is 3.22. The molecule has 0 spiro atoms. The van der Waals surface area contributed by atoms with E-state index < -0.39 is 20.1 Å². The predicted octanol–water partition coefficient (Wildman–Crippen LogP) is 6.55. The van der Waals surface area contributed by atoms with E-state index in [0.717, 1.165) is 23.2 Å². The zero-order valence-corrected chi connectivity index (χ0v) is 22.5. The molecule has 4 rings (SSSR count). The van der Waals surface area contributed by atoms with Crippen molar-refractivity contribution in [2.45, 2.75) is 43.3 Å². The Bertz CT molecular complexity index is 1290. The van der Waals surface area contributed by atoms with Gasteiger partial charge in [-0.3, -0.25) is 4.98 Å². The van der Waals surface area contributed by atoms with Crippen molar-refractivity contribution in [1.29, 1.82) is 0 Å². The molecule has 1 heterocycles. The number of aromatic nitrogens is 1. The van der Waals surface area contributed by atoms with Crippen LogP contribution in [0, 0.1) is 5.92 Å². The molecule has 6 nitrogen and oxygen atoms in total. The van der Waals surface area contributed by atoms with Crippen LogP contribution in [0.15, 0.2) is 63.4 Å². The largest absolute Gasteiger partial charge is 0.497 e. The third-order valence-electron chi connectivity index (χ3n) is 6.34. The molecule has 1 unspecified atom stereocenters. The molecular formula is C26H35N3O3S2. The van der Waals surface area contributed by atoms with E-state index in [1.807, 2.05) is 48.5 Å². The number of hydrogen-bond acceptors (Lipinski definition) is 5. The Kier molecular flexibility index (Phi) is 6.86. The van der Waals surface area contributed by atoms with Gasteiger partial charge in [0.05, 0.1) is 17.5 Å². The van der Waals surface area contributed by atoms with Crippen LogP contribution in [0.25, 0.3) is 10.9 Å². The highest BCUT2D eigenvalue weighted by molar-refractivity contribution is 8.35. The van der Waals surface area contributed by atoms with Crippen molar-refractivity contribution in [3.63, 3.8) is 0 Å². The molecule has 1 aliphatic carbocycles. The van der Waals surface area contributed by atoms with Crippen LogP contribution in [0.3, 0.4) is 0 Å². The van der Waals surface area contributed by atoms with Gasteiger partial charge in [-0.05, 0) is 73.7 Å². The number of benzene rings is 2. The molecule has 1 fully saturated rings. The first kappa shape index (κ1) is 24.8. The van der Waals surface area contributed by atoms with E-state index in [-0.39, 0.29) is 4.75 Å². The normalized spacial score (nSPS) is 16.6. The Morgan fingerprint density at radius 3 is 2.35 bits per heavy atom. The topological polar surface area (TPSA) is 72.8 Å². The molecule has 1 aromatic heterocycles. The van der Waals surface area contributed by atoms with E-state index in [0.29, 0.717) is 22.3 Å². The van der Waals surface area contributed by atoms with Gasteiger partial charge in [0, 0.05) is 28.9 Å². The Hall–Kier alpha value is -2.29. The summed E-state index contributed by atoms with van der Waals surface area (Å²) in [5, 5.41) is 0.896. The van der Waals surface area contributed by atoms with Gasteiger partial charge in [-0.25, -0.2) is 8.93 Å². The average molecular weight is 502 g/mol. The van der Waals surface area contributed by atoms with Crippen molar-refractivity contribution in [3.05, 3.63) is 54.7 Å². The minimum absolute atomic E-state index is 0.0505. The van der Waals surface area contributed by atoms with Crippen molar-refractivity contribution in [3.8, 4) is 17.2 Å². The van der Waals surface area contributed by atoms with Crippen molar-refractivity contribution >= 4 is 31.0 Å². The van der Waals surface area contributed by atoms with Gasteiger partial charge >= 0.3 is 0 Å². The highest BCUT2D eigenvalue weighted by atomic mass is 32.3. The van der Waals surface area contributed by atoms with E-state index >= 15 is 0 Å². The molecule has 8 heteroatoms. The number of pyridine rings is 1. The second kappa shape index (κ2) is 9.40. The van der Waals surface area contributed by atoms with Crippen molar-refractivity contribution in [1.82, 2.24) is 9.71 Å². The highest BCUT2D eigenvalue weighted by Crippen LogP contribution is 2.55. The lowest BCUT2D eigenvalue weighted by Crippen LogP contribution is -2.29. The number of rotatable bonds is 8. The minimum atomic E-state index is -2.76. The molecule has 1 atom stereocenters. The Morgan fingerprint density at radius 2 is 1.74 bits per heavy atom. The zero-order chi connectivity index (χ0) is 24.6. The number of nitrogens with zero attached hydrogens (tertiary/aromatic N) is 2. The van der Waals surface area contributed by atoms with E-state index in [1.54, 1.807) is 13.3 Å². The summed E-state index contributed by atoms with van der Waals surface area (Å²) in [6.07, 6.45) is 8.36. The van der Waals surface area contributed by atoms with Gasteiger partial charge in [0.15, 0.2) is 0 Å². The summed E-state index contributed by atoms with van der Waals surface area (Å²) in [6, 6.07) is 15.0. The summed E-state index contributed by atoms with van der Waals surface area (Å²) >= 11 is 0. The summed E-state index contributed by atoms with van der Waals surface area (Å²) in [6.45, 7) is 7.22. The first-order chi connectivity index (χ1) is 16.0. The van der Waals surface area contributed by atoms with Crippen LogP contribution in [0.5, 0.6) is 17.2 Å². The minimum Gasteiger partial charge on any atom is -0.497 e. The molecule has 184 valence electrons. The van der Waals surface area contributed by atoms with Gasteiger partial charge in [0.2, 0.25) is 0 Å². The standard InChI is InChI=1S/C26H35N3O3S2/c1-26(2,3)33(5,6)29-34(30,28-18-19-7-8-19)22-12-9-20(10-13-22)32-25-15-16-27-24-17-21(31-4)11-14-23(24)25/h9-17,19H,7-8,18H2,1-6H3,(H,28,29,30). The van der Waals surface area contributed by atoms with Gasteiger partial charge in [-0.1, -0.05) is 20.8 Å². The molecule has 1 saturated carbocycles. The predicted molar refractivity (Wildman–Crippen MR) is 144 cm³/mol. The van der Waals surface area contributed by atoms with E-state index in [2.05, 4.69) is 43.0 Å². The van der Waals surface area contributed by atoms with Gasteiger partial charge in [-0.2, -0.15) is 3.77 Å².